The van der Waals surface area contributed by atoms with Gasteiger partial charge in [-0.2, -0.15) is 14.6 Å². The van der Waals surface area contributed by atoms with Gasteiger partial charge >= 0.3 is 5.97 Å². The third-order valence-corrected chi connectivity index (χ3v) is 8.47. The molecule has 16 heteroatoms. The minimum atomic E-state index is -0.869. The number of carbonyl (C=O) groups excluding carboxylic acids is 2. The van der Waals surface area contributed by atoms with Gasteiger partial charge in [0.05, 0.1) is 24.0 Å². The van der Waals surface area contributed by atoms with E-state index in [1.165, 1.54) is 16.0 Å². The summed E-state index contributed by atoms with van der Waals surface area (Å²) < 4.78 is 43.0. The average molecular weight is 679 g/mol. The first-order valence-corrected chi connectivity index (χ1v) is 15.6. The van der Waals surface area contributed by atoms with Crippen molar-refractivity contribution >= 4 is 41.3 Å². The molecule has 5 rings (SSSR count). The van der Waals surface area contributed by atoms with E-state index in [1.807, 2.05) is 27.7 Å². The molecule has 4 aromatic rings. The lowest BCUT2D eigenvalue weighted by molar-refractivity contribution is -0.152. The summed E-state index contributed by atoms with van der Waals surface area (Å²) in [5, 5.41) is 13.6. The number of halogens is 3. The zero-order valence-electron chi connectivity index (χ0n) is 25.9. The number of nitrogens with zero attached hydrogens (tertiary/aromatic N) is 6. The number of hydrogen-bond donors (Lipinski definition) is 2. The Hall–Kier alpha value is -3.79. The predicted molar refractivity (Wildman–Crippen MR) is 170 cm³/mol. The molecule has 0 spiro atoms. The number of esters is 1. The number of nitrogens with two attached hydrogens (primary N) is 1. The van der Waals surface area contributed by atoms with Gasteiger partial charge < -0.3 is 20.5 Å². The fraction of sp³-hybridized carbons (Fsp3) is 0.467. The summed E-state index contributed by atoms with van der Waals surface area (Å²) in [6.07, 6.45) is 8.22. The maximum Gasteiger partial charge on any atom is 0.325 e. The van der Waals surface area contributed by atoms with Crippen LogP contribution in [-0.2, 0) is 21.0 Å². The van der Waals surface area contributed by atoms with Crippen LogP contribution in [0.25, 0.3) is 22.0 Å². The smallest absolute Gasteiger partial charge is 0.325 e. The fourth-order valence-electron chi connectivity index (χ4n) is 4.96. The maximum atomic E-state index is 14.8. The van der Waals surface area contributed by atoms with E-state index in [-0.39, 0.29) is 54.1 Å². The Morgan fingerprint density at radius 2 is 1.87 bits per heavy atom. The SMILES string of the molecule is CCOC1CCC(n2cc(NC(=O)c3csc(-c4cnn(COC(=O)[C@@H](N)C(C)(C)C)c4)n3)c(-c3nc(F)ccc3F)n2)CC1.Cl. The van der Waals surface area contributed by atoms with Crippen molar-refractivity contribution in [1.82, 2.24) is 29.5 Å². The van der Waals surface area contributed by atoms with Crippen molar-refractivity contribution in [3.8, 4) is 22.0 Å². The van der Waals surface area contributed by atoms with Gasteiger partial charge in [-0.1, -0.05) is 20.8 Å². The van der Waals surface area contributed by atoms with Crippen molar-refractivity contribution in [2.75, 3.05) is 11.9 Å². The van der Waals surface area contributed by atoms with Gasteiger partial charge in [0.15, 0.2) is 12.5 Å². The van der Waals surface area contributed by atoms with E-state index >= 15 is 0 Å². The van der Waals surface area contributed by atoms with Crippen LogP contribution in [0, 0.1) is 17.2 Å². The number of hydrogen-bond acceptors (Lipinski definition) is 10. The van der Waals surface area contributed by atoms with Gasteiger partial charge in [-0.25, -0.2) is 19.0 Å². The van der Waals surface area contributed by atoms with Crippen LogP contribution in [-0.4, -0.2) is 60.2 Å². The summed E-state index contributed by atoms with van der Waals surface area (Å²) in [5.74, 6) is -2.74. The molecule has 46 heavy (non-hydrogen) atoms. The number of pyridine rings is 1. The summed E-state index contributed by atoms with van der Waals surface area (Å²) in [4.78, 5) is 33.7. The number of carbonyl (C=O) groups is 2. The van der Waals surface area contributed by atoms with Gasteiger partial charge in [0, 0.05) is 29.9 Å². The van der Waals surface area contributed by atoms with E-state index in [9.17, 15) is 18.4 Å². The third kappa shape index (κ3) is 8.13. The Bertz CT molecular complexity index is 1660. The van der Waals surface area contributed by atoms with E-state index in [0.717, 1.165) is 37.8 Å². The lowest BCUT2D eigenvalue weighted by Gasteiger charge is -2.28. The molecular weight excluding hydrogens is 642 g/mol. The van der Waals surface area contributed by atoms with Crippen LogP contribution in [0.1, 0.15) is 69.9 Å². The molecule has 1 amide bonds. The Balaban J connectivity index is 0.00000480. The Kier molecular flexibility index (Phi) is 11.2. The standard InChI is InChI=1S/C30H36F2N8O4S.ClH/c1-5-43-19-8-6-18(7-9-19)40-14-21(25(38-40)24-20(31)10-11-23(32)37-24)35-27(41)22-15-45-28(36-22)17-12-34-39(13-17)16-44-29(42)26(33)30(2,3)4;/h10-15,18-19,26H,5-9,16,33H2,1-4H3,(H,35,41);1H/t18?,19?,26-;/m1./s1. The van der Waals surface area contributed by atoms with Crippen LogP contribution in [0.15, 0.2) is 36.1 Å². The molecule has 1 aliphatic carbocycles. The molecule has 248 valence electrons. The Morgan fingerprint density at radius 3 is 2.57 bits per heavy atom. The van der Waals surface area contributed by atoms with Crippen LogP contribution in [0.3, 0.4) is 0 Å². The van der Waals surface area contributed by atoms with E-state index in [4.69, 9.17) is 15.2 Å². The quantitative estimate of drug-likeness (QED) is 0.161. The molecule has 1 saturated carbocycles. The zero-order valence-corrected chi connectivity index (χ0v) is 27.5. The average Bonchev–Trinajstić information content (AvgIpc) is 3.77. The second-order valence-electron chi connectivity index (χ2n) is 11.9. The molecule has 0 radical (unpaired) electrons. The normalized spacial score (nSPS) is 17.3. The topological polar surface area (TPSA) is 152 Å². The highest BCUT2D eigenvalue weighted by molar-refractivity contribution is 7.13. The van der Waals surface area contributed by atoms with Crippen molar-refractivity contribution in [2.24, 2.45) is 11.1 Å². The van der Waals surface area contributed by atoms with Crippen molar-refractivity contribution in [3.63, 3.8) is 0 Å². The third-order valence-electron chi connectivity index (χ3n) is 7.58. The van der Waals surface area contributed by atoms with E-state index in [1.54, 1.807) is 28.7 Å². The molecule has 1 fully saturated rings. The monoisotopic (exact) mass is 678 g/mol. The number of amides is 1. The van der Waals surface area contributed by atoms with Crippen LogP contribution < -0.4 is 11.1 Å². The summed E-state index contributed by atoms with van der Waals surface area (Å²) in [6, 6.07) is 1.10. The van der Waals surface area contributed by atoms with Gasteiger partial charge in [0.1, 0.15) is 28.1 Å². The van der Waals surface area contributed by atoms with Crippen molar-refractivity contribution in [1.29, 1.82) is 0 Å². The van der Waals surface area contributed by atoms with Crippen molar-refractivity contribution in [3.05, 3.63) is 53.6 Å². The molecule has 4 aromatic heterocycles. The van der Waals surface area contributed by atoms with Crippen LogP contribution >= 0.6 is 23.7 Å². The largest absolute Gasteiger partial charge is 0.441 e. The van der Waals surface area contributed by atoms with Crippen LogP contribution in [0.2, 0.25) is 0 Å². The highest BCUT2D eigenvalue weighted by Gasteiger charge is 2.29. The minimum Gasteiger partial charge on any atom is -0.441 e. The van der Waals surface area contributed by atoms with E-state index in [2.05, 4.69) is 25.5 Å². The van der Waals surface area contributed by atoms with Crippen LogP contribution in [0.4, 0.5) is 14.5 Å². The summed E-state index contributed by atoms with van der Waals surface area (Å²) in [6.45, 7) is 8.01. The first kappa shape index (κ1) is 35.1. The molecule has 0 saturated heterocycles. The maximum absolute atomic E-state index is 14.8. The molecule has 1 aliphatic rings. The summed E-state index contributed by atoms with van der Waals surface area (Å²) in [7, 11) is 0. The number of ether oxygens (including phenoxy) is 2. The van der Waals surface area contributed by atoms with Gasteiger partial charge in [-0.05, 0) is 50.2 Å². The minimum absolute atomic E-state index is 0. The van der Waals surface area contributed by atoms with E-state index in [0.29, 0.717) is 17.2 Å². The molecule has 0 unspecified atom stereocenters. The number of thiazole rings is 1. The lowest BCUT2D eigenvalue weighted by Crippen LogP contribution is -2.43. The van der Waals surface area contributed by atoms with Gasteiger partial charge in [-0.3, -0.25) is 14.3 Å². The highest BCUT2D eigenvalue weighted by Crippen LogP contribution is 2.35. The first-order valence-electron chi connectivity index (χ1n) is 14.7. The fourth-order valence-corrected chi connectivity index (χ4v) is 5.73. The van der Waals surface area contributed by atoms with Crippen molar-refractivity contribution in [2.45, 2.75) is 78.3 Å². The molecule has 0 bridgehead atoms. The second kappa shape index (κ2) is 14.8. The number of anilines is 1. The van der Waals surface area contributed by atoms with Gasteiger partial charge in [0.25, 0.3) is 5.91 Å². The number of nitrogens with one attached hydrogen (secondary N) is 1. The molecule has 3 N–H and O–H groups in total. The van der Waals surface area contributed by atoms with E-state index < -0.39 is 35.1 Å². The predicted octanol–water partition coefficient (Wildman–Crippen LogP) is 5.61. The zero-order chi connectivity index (χ0) is 32.3. The lowest BCUT2D eigenvalue weighted by atomic mass is 9.87. The highest BCUT2D eigenvalue weighted by atomic mass is 35.5. The number of aromatic nitrogens is 6. The molecule has 1 atom stereocenters. The van der Waals surface area contributed by atoms with Crippen molar-refractivity contribution < 1.29 is 27.8 Å². The summed E-state index contributed by atoms with van der Waals surface area (Å²) >= 11 is 1.22. The molecule has 4 heterocycles. The molecular formula is C30H37ClF2N8O4S. The first-order chi connectivity index (χ1) is 21.4. The Morgan fingerprint density at radius 1 is 1.13 bits per heavy atom. The molecule has 0 aliphatic heterocycles. The molecule has 0 aromatic carbocycles. The summed E-state index contributed by atoms with van der Waals surface area (Å²) in [5.41, 5.74) is 6.11. The van der Waals surface area contributed by atoms with Gasteiger partial charge in [0.2, 0.25) is 5.95 Å². The van der Waals surface area contributed by atoms with Crippen LogP contribution in [0.5, 0.6) is 0 Å². The number of rotatable bonds is 10. The molecule has 12 nitrogen and oxygen atoms in total. The Labute approximate surface area is 275 Å². The van der Waals surface area contributed by atoms with Gasteiger partial charge in [-0.15, -0.1) is 23.7 Å². The second-order valence-corrected chi connectivity index (χ2v) is 12.8.